The van der Waals surface area contributed by atoms with E-state index >= 15 is 0 Å². The van der Waals surface area contributed by atoms with Gasteiger partial charge in [0, 0.05) is 5.56 Å². The third-order valence-corrected chi connectivity index (χ3v) is 3.94. The van der Waals surface area contributed by atoms with Crippen molar-refractivity contribution in [3.63, 3.8) is 0 Å². The molecule has 0 aliphatic carbocycles. The van der Waals surface area contributed by atoms with E-state index in [4.69, 9.17) is 14.2 Å². The number of carbonyl (C=O) groups excluding carboxylic acids is 1. The summed E-state index contributed by atoms with van der Waals surface area (Å²) in [5.41, 5.74) is 2.67. The first-order chi connectivity index (χ1) is 12.1. The third kappa shape index (κ3) is 4.99. The summed E-state index contributed by atoms with van der Waals surface area (Å²) < 4.78 is 17.4. The van der Waals surface area contributed by atoms with Crippen LogP contribution in [-0.4, -0.2) is 20.0 Å². The number of carbonyl (C=O) groups is 1. The highest BCUT2D eigenvalue weighted by Crippen LogP contribution is 2.41. The lowest BCUT2D eigenvalue weighted by molar-refractivity contribution is 0.112. The van der Waals surface area contributed by atoms with Gasteiger partial charge in [-0.2, -0.15) is 0 Å². The number of aldehydes is 1. The molecule has 0 N–H and O–H groups in total. The predicted molar refractivity (Wildman–Crippen MR) is 99.4 cm³/mol. The van der Waals surface area contributed by atoms with Crippen LogP contribution < -0.4 is 14.2 Å². The average molecular weight is 342 g/mol. The molecule has 4 nitrogen and oxygen atoms in total. The SMILES string of the molecule is CCCCCOc1c(OC)cc(C=O)cc1Oc1ccc(C)cc1C. The van der Waals surface area contributed by atoms with Crippen molar-refractivity contribution in [3.05, 3.63) is 47.0 Å². The van der Waals surface area contributed by atoms with Crippen molar-refractivity contribution >= 4 is 6.29 Å². The Bertz CT molecular complexity index is 722. The molecule has 0 saturated heterocycles. The number of hydrogen-bond acceptors (Lipinski definition) is 4. The van der Waals surface area contributed by atoms with Gasteiger partial charge in [-0.25, -0.2) is 0 Å². The van der Waals surface area contributed by atoms with Crippen LogP contribution in [0.1, 0.15) is 47.7 Å². The molecule has 2 aromatic rings. The van der Waals surface area contributed by atoms with Crippen LogP contribution in [0.15, 0.2) is 30.3 Å². The van der Waals surface area contributed by atoms with Crippen LogP contribution in [0.3, 0.4) is 0 Å². The maximum atomic E-state index is 11.2. The molecule has 0 spiro atoms. The van der Waals surface area contributed by atoms with Crippen molar-refractivity contribution in [1.29, 1.82) is 0 Å². The summed E-state index contributed by atoms with van der Waals surface area (Å²) in [6, 6.07) is 9.31. The molecule has 4 heteroatoms. The van der Waals surface area contributed by atoms with Crippen molar-refractivity contribution < 1.29 is 19.0 Å². The molecule has 134 valence electrons. The summed E-state index contributed by atoms with van der Waals surface area (Å²) in [5.74, 6) is 2.25. The van der Waals surface area contributed by atoms with Crippen LogP contribution >= 0.6 is 0 Å². The molecular weight excluding hydrogens is 316 g/mol. The summed E-state index contributed by atoms with van der Waals surface area (Å²) in [4.78, 5) is 11.2. The Labute approximate surface area is 149 Å². The van der Waals surface area contributed by atoms with Crippen LogP contribution in [0.25, 0.3) is 0 Å². The second kappa shape index (κ2) is 9.11. The van der Waals surface area contributed by atoms with Gasteiger partial charge >= 0.3 is 0 Å². The molecule has 2 aromatic carbocycles. The van der Waals surface area contributed by atoms with Gasteiger partial charge in [0.2, 0.25) is 5.75 Å². The fraction of sp³-hybridized carbons (Fsp3) is 0.381. The lowest BCUT2D eigenvalue weighted by Gasteiger charge is -2.17. The summed E-state index contributed by atoms with van der Waals surface area (Å²) in [7, 11) is 1.56. The monoisotopic (exact) mass is 342 g/mol. The molecule has 0 aromatic heterocycles. The first-order valence-electron chi connectivity index (χ1n) is 8.64. The van der Waals surface area contributed by atoms with E-state index in [1.807, 2.05) is 26.0 Å². The number of aryl methyl sites for hydroxylation is 2. The van der Waals surface area contributed by atoms with Gasteiger partial charge in [-0.1, -0.05) is 37.5 Å². The Morgan fingerprint density at radius 3 is 2.40 bits per heavy atom. The topological polar surface area (TPSA) is 44.8 Å². The molecule has 2 rings (SSSR count). The van der Waals surface area contributed by atoms with Gasteiger partial charge < -0.3 is 14.2 Å². The first kappa shape index (κ1) is 18.8. The molecular formula is C21H26O4. The molecule has 0 saturated carbocycles. The van der Waals surface area contributed by atoms with E-state index in [1.165, 1.54) is 5.56 Å². The Balaban J connectivity index is 2.36. The van der Waals surface area contributed by atoms with Crippen molar-refractivity contribution in [2.45, 2.75) is 40.0 Å². The molecule has 0 atom stereocenters. The number of methoxy groups -OCH3 is 1. The van der Waals surface area contributed by atoms with Crippen LogP contribution in [-0.2, 0) is 0 Å². The molecule has 0 radical (unpaired) electrons. The number of ether oxygens (including phenoxy) is 3. The Hall–Kier alpha value is -2.49. The van der Waals surface area contributed by atoms with Crippen LogP contribution in [0, 0.1) is 13.8 Å². The minimum absolute atomic E-state index is 0.484. The van der Waals surface area contributed by atoms with Crippen LogP contribution in [0.5, 0.6) is 23.0 Å². The zero-order valence-corrected chi connectivity index (χ0v) is 15.4. The van der Waals surface area contributed by atoms with E-state index in [2.05, 4.69) is 13.0 Å². The maximum Gasteiger partial charge on any atom is 0.204 e. The molecule has 0 bridgehead atoms. The molecule has 0 aliphatic heterocycles. The molecule has 0 fully saturated rings. The van der Waals surface area contributed by atoms with Crippen molar-refractivity contribution in [2.75, 3.05) is 13.7 Å². The van der Waals surface area contributed by atoms with Gasteiger partial charge in [-0.05, 0) is 44.0 Å². The maximum absolute atomic E-state index is 11.2. The van der Waals surface area contributed by atoms with E-state index in [-0.39, 0.29) is 0 Å². The Morgan fingerprint density at radius 1 is 1.00 bits per heavy atom. The van der Waals surface area contributed by atoms with E-state index in [0.29, 0.717) is 29.4 Å². The fourth-order valence-corrected chi connectivity index (χ4v) is 2.59. The quantitative estimate of drug-likeness (QED) is 0.447. The highest BCUT2D eigenvalue weighted by Gasteiger charge is 2.16. The van der Waals surface area contributed by atoms with Gasteiger partial charge in [0.25, 0.3) is 0 Å². The van der Waals surface area contributed by atoms with Crippen LogP contribution in [0.4, 0.5) is 0 Å². The lowest BCUT2D eigenvalue weighted by Crippen LogP contribution is -2.02. The largest absolute Gasteiger partial charge is 0.493 e. The second-order valence-electron chi connectivity index (χ2n) is 6.09. The molecule has 0 aliphatic rings. The normalized spacial score (nSPS) is 10.4. The van der Waals surface area contributed by atoms with Gasteiger partial charge in [-0.15, -0.1) is 0 Å². The molecule has 0 unspecified atom stereocenters. The van der Waals surface area contributed by atoms with E-state index in [9.17, 15) is 4.79 Å². The smallest absolute Gasteiger partial charge is 0.204 e. The van der Waals surface area contributed by atoms with Gasteiger partial charge in [0.1, 0.15) is 12.0 Å². The summed E-state index contributed by atoms with van der Waals surface area (Å²) in [5, 5.41) is 0. The summed E-state index contributed by atoms with van der Waals surface area (Å²) in [6.07, 6.45) is 3.95. The van der Waals surface area contributed by atoms with Gasteiger partial charge in [0.15, 0.2) is 11.5 Å². The van der Waals surface area contributed by atoms with Gasteiger partial charge in [0.05, 0.1) is 13.7 Å². The first-order valence-corrected chi connectivity index (χ1v) is 8.64. The minimum atomic E-state index is 0.484. The number of rotatable bonds is 9. The van der Waals surface area contributed by atoms with Crippen molar-refractivity contribution in [3.8, 4) is 23.0 Å². The van der Waals surface area contributed by atoms with Gasteiger partial charge in [-0.3, -0.25) is 4.79 Å². The average Bonchev–Trinajstić information content (AvgIpc) is 2.61. The standard InChI is InChI=1S/C21H26O4/c1-5-6-7-10-24-21-19(23-4)12-17(14-22)13-20(21)25-18-9-8-15(2)11-16(18)3/h8-9,11-14H,5-7,10H2,1-4H3. The van der Waals surface area contributed by atoms with E-state index in [0.717, 1.165) is 36.9 Å². The highest BCUT2D eigenvalue weighted by molar-refractivity contribution is 5.78. The molecule has 0 amide bonds. The Kier molecular flexibility index (Phi) is 6.87. The second-order valence-corrected chi connectivity index (χ2v) is 6.09. The van der Waals surface area contributed by atoms with E-state index < -0.39 is 0 Å². The summed E-state index contributed by atoms with van der Waals surface area (Å²) in [6.45, 7) is 6.75. The molecule has 0 heterocycles. The van der Waals surface area contributed by atoms with Crippen molar-refractivity contribution in [2.24, 2.45) is 0 Å². The predicted octanol–water partition coefficient (Wildman–Crippen LogP) is 5.49. The number of unbranched alkanes of at least 4 members (excludes halogenated alkanes) is 2. The Morgan fingerprint density at radius 2 is 1.76 bits per heavy atom. The third-order valence-electron chi connectivity index (χ3n) is 3.94. The fourth-order valence-electron chi connectivity index (χ4n) is 2.59. The van der Waals surface area contributed by atoms with Crippen LogP contribution in [0.2, 0.25) is 0 Å². The minimum Gasteiger partial charge on any atom is -0.493 e. The number of hydrogen-bond donors (Lipinski definition) is 0. The van der Waals surface area contributed by atoms with Crippen molar-refractivity contribution in [1.82, 2.24) is 0 Å². The lowest BCUT2D eigenvalue weighted by atomic mass is 10.1. The summed E-state index contributed by atoms with van der Waals surface area (Å²) >= 11 is 0. The number of benzene rings is 2. The van der Waals surface area contributed by atoms with E-state index in [1.54, 1.807) is 19.2 Å². The zero-order chi connectivity index (χ0) is 18.2. The zero-order valence-electron chi connectivity index (χ0n) is 15.4. The highest BCUT2D eigenvalue weighted by atomic mass is 16.5. The molecule has 25 heavy (non-hydrogen) atoms.